The van der Waals surface area contributed by atoms with Gasteiger partial charge in [-0.05, 0) is 30.5 Å². The summed E-state index contributed by atoms with van der Waals surface area (Å²) in [6, 6.07) is 22.4. The van der Waals surface area contributed by atoms with Gasteiger partial charge in [0.25, 0.3) is 0 Å². The van der Waals surface area contributed by atoms with E-state index >= 15 is 0 Å². The highest BCUT2D eigenvalue weighted by Gasteiger charge is 2.39. The zero-order chi connectivity index (χ0) is 13.9. The van der Waals surface area contributed by atoms with Crippen LogP contribution in [-0.4, -0.2) is 24.0 Å². The van der Waals surface area contributed by atoms with Crippen LogP contribution in [0.15, 0.2) is 60.7 Å². The molecule has 0 spiro atoms. The molecule has 1 saturated heterocycles. The molecule has 0 bridgehead atoms. The number of nitrogens with two attached hydrogens (primary N) is 1. The summed E-state index contributed by atoms with van der Waals surface area (Å²) in [6.07, 6.45) is 0. The van der Waals surface area contributed by atoms with Crippen molar-refractivity contribution in [2.45, 2.75) is 19.0 Å². The summed E-state index contributed by atoms with van der Waals surface area (Å²) in [6.45, 7) is 4.17. The van der Waals surface area contributed by atoms with Crippen molar-refractivity contribution in [3.05, 3.63) is 71.8 Å². The van der Waals surface area contributed by atoms with Gasteiger partial charge in [-0.15, -0.1) is 0 Å². The van der Waals surface area contributed by atoms with Crippen molar-refractivity contribution in [2.75, 3.05) is 13.1 Å². The summed E-state index contributed by atoms with van der Waals surface area (Å²) in [5.74, 6) is 0.630. The van der Waals surface area contributed by atoms with Gasteiger partial charge in [-0.3, -0.25) is 4.90 Å². The number of nitrogens with zero attached hydrogens (tertiary/aromatic N) is 1. The van der Waals surface area contributed by atoms with E-state index in [-0.39, 0.29) is 0 Å². The average molecular weight is 266 g/mol. The van der Waals surface area contributed by atoms with Crippen molar-refractivity contribution in [1.29, 1.82) is 0 Å². The van der Waals surface area contributed by atoms with E-state index in [9.17, 15) is 0 Å². The fraction of sp³-hybridized carbons (Fsp3) is 0.333. The van der Waals surface area contributed by atoms with Crippen LogP contribution in [0.4, 0.5) is 0 Å². The normalized spacial score (nSPS) is 22.8. The minimum atomic E-state index is 0.343. The second-order valence-electron chi connectivity index (χ2n) is 5.66. The Bertz CT molecular complexity index is 498. The van der Waals surface area contributed by atoms with Crippen molar-refractivity contribution >= 4 is 0 Å². The fourth-order valence-corrected chi connectivity index (χ4v) is 3.18. The molecule has 20 heavy (non-hydrogen) atoms. The summed E-state index contributed by atoms with van der Waals surface area (Å²) >= 11 is 0. The van der Waals surface area contributed by atoms with Crippen molar-refractivity contribution in [3.63, 3.8) is 0 Å². The first-order valence-corrected chi connectivity index (χ1v) is 7.37. The Kier molecular flexibility index (Phi) is 3.86. The van der Waals surface area contributed by atoms with Crippen LogP contribution in [0.25, 0.3) is 0 Å². The number of likely N-dealkylation sites (tertiary alicyclic amines) is 1. The molecule has 1 heterocycles. The predicted molar refractivity (Wildman–Crippen MR) is 83.4 cm³/mol. The zero-order valence-electron chi connectivity index (χ0n) is 11.9. The van der Waals surface area contributed by atoms with Crippen molar-refractivity contribution in [2.24, 2.45) is 11.7 Å². The molecule has 2 nitrogen and oxygen atoms in total. The first-order chi connectivity index (χ1) is 9.81. The maximum absolute atomic E-state index is 5.84. The highest BCUT2D eigenvalue weighted by atomic mass is 15.3. The van der Waals surface area contributed by atoms with Gasteiger partial charge in [0.15, 0.2) is 0 Å². The molecule has 2 aromatic carbocycles. The van der Waals surface area contributed by atoms with Crippen molar-refractivity contribution < 1.29 is 0 Å². The molecule has 2 N–H and O–H groups in total. The maximum Gasteiger partial charge on any atom is 0.0604 e. The molecule has 0 aromatic heterocycles. The minimum Gasteiger partial charge on any atom is -0.330 e. The molecule has 1 fully saturated rings. The van der Waals surface area contributed by atoms with Crippen LogP contribution in [0.2, 0.25) is 0 Å². The molecule has 2 heteroatoms. The van der Waals surface area contributed by atoms with Gasteiger partial charge >= 0.3 is 0 Å². The van der Waals surface area contributed by atoms with Crippen molar-refractivity contribution in [3.8, 4) is 0 Å². The first kappa shape index (κ1) is 13.3. The molecule has 0 aliphatic carbocycles. The lowest BCUT2D eigenvalue weighted by atomic mass is 9.84. The zero-order valence-corrected chi connectivity index (χ0v) is 11.9. The van der Waals surface area contributed by atoms with Gasteiger partial charge in [0, 0.05) is 12.6 Å². The van der Waals surface area contributed by atoms with E-state index in [1.54, 1.807) is 0 Å². The summed E-state index contributed by atoms with van der Waals surface area (Å²) in [5, 5.41) is 0. The Morgan fingerprint density at radius 2 is 1.50 bits per heavy atom. The Balaban J connectivity index is 1.94. The highest BCUT2D eigenvalue weighted by molar-refractivity contribution is 5.32. The topological polar surface area (TPSA) is 29.3 Å². The molecule has 104 valence electrons. The van der Waals surface area contributed by atoms with E-state index < -0.39 is 0 Å². The quantitative estimate of drug-likeness (QED) is 0.921. The lowest BCUT2D eigenvalue weighted by Gasteiger charge is -2.50. The third kappa shape index (κ3) is 2.37. The predicted octanol–water partition coefficient (Wildman–Crippen LogP) is 3.06. The third-order valence-electron chi connectivity index (χ3n) is 4.52. The Morgan fingerprint density at radius 1 is 1.00 bits per heavy atom. The maximum atomic E-state index is 5.84. The average Bonchev–Trinajstić information content (AvgIpc) is 2.52. The van der Waals surface area contributed by atoms with E-state index in [1.807, 2.05) is 0 Å². The minimum absolute atomic E-state index is 0.343. The molecule has 0 radical (unpaired) electrons. The molecular weight excluding hydrogens is 244 g/mol. The molecule has 0 amide bonds. The van der Waals surface area contributed by atoms with Gasteiger partial charge < -0.3 is 5.73 Å². The van der Waals surface area contributed by atoms with Crippen molar-refractivity contribution in [1.82, 2.24) is 4.90 Å². The molecule has 0 unspecified atom stereocenters. The molecule has 3 rings (SSSR count). The summed E-state index contributed by atoms with van der Waals surface area (Å²) in [7, 11) is 0. The molecule has 2 atom stereocenters. The van der Waals surface area contributed by atoms with Crippen LogP contribution < -0.4 is 5.73 Å². The standard InChI is InChI=1S/C18H22N2/c1-14-17(12-19)13-20(14)18(15-8-4-2-5-9-15)16-10-6-3-7-11-16/h2-11,14,17-18H,12-13,19H2,1H3/t14-,17-/m0/s1. The Hall–Kier alpha value is -1.64. The summed E-state index contributed by atoms with van der Waals surface area (Å²) < 4.78 is 0. The van der Waals surface area contributed by atoms with E-state index in [2.05, 4.69) is 72.5 Å². The molecule has 2 aromatic rings. The molecule has 1 aliphatic rings. The number of rotatable bonds is 4. The highest BCUT2D eigenvalue weighted by Crippen LogP contribution is 2.37. The first-order valence-electron chi connectivity index (χ1n) is 7.37. The van der Waals surface area contributed by atoms with Gasteiger partial charge in [-0.25, -0.2) is 0 Å². The SMILES string of the molecule is C[C@H]1[C@@H](CN)CN1C(c1ccccc1)c1ccccc1. The van der Waals surface area contributed by atoms with Crippen LogP contribution in [0.5, 0.6) is 0 Å². The van der Waals surface area contributed by atoms with Gasteiger partial charge in [0.1, 0.15) is 0 Å². The van der Waals surface area contributed by atoms with E-state index in [1.165, 1.54) is 11.1 Å². The van der Waals surface area contributed by atoms with E-state index in [4.69, 9.17) is 5.73 Å². The van der Waals surface area contributed by atoms with Gasteiger partial charge in [0.2, 0.25) is 0 Å². The number of hydrogen-bond acceptors (Lipinski definition) is 2. The lowest BCUT2D eigenvalue weighted by Crippen LogP contribution is -2.58. The fourth-order valence-electron chi connectivity index (χ4n) is 3.18. The smallest absolute Gasteiger partial charge is 0.0604 e. The van der Waals surface area contributed by atoms with Gasteiger partial charge in [-0.2, -0.15) is 0 Å². The van der Waals surface area contributed by atoms with E-state index in [0.717, 1.165) is 13.1 Å². The van der Waals surface area contributed by atoms with Crippen LogP contribution in [0.1, 0.15) is 24.1 Å². The van der Waals surface area contributed by atoms with Crippen LogP contribution in [0, 0.1) is 5.92 Å². The van der Waals surface area contributed by atoms with Crippen LogP contribution in [-0.2, 0) is 0 Å². The van der Waals surface area contributed by atoms with Crippen LogP contribution >= 0.6 is 0 Å². The largest absolute Gasteiger partial charge is 0.330 e. The second-order valence-corrected chi connectivity index (χ2v) is 5.66. The third-order valence-corrected chi connectivity index (χ3v) is 4.52. The summed E-state index contributed by atoms with van der Waals surface area (Å²) in [4.78, 5) is 2.56. The van der Waals surface area contributed by atoms with Gasteiger partial charge in [-0.1, -0.05) is 60.7 Å². The Morgan fingerprint density at radius 3 is 1.90 bits per heavy atom. The molecular formula is C18H22N2. The summed E-state index contributed by atoms with van der Waals surface area (Å²) in [5.41, 5.74) is 8.56. The Labute approximate surface area is 121 Å². The number of benzene rings is 2. The van der Waals surface area contributed by atoms with E-state index in [0.29, 0.717) is 18.0 Å². The van der Waals surface area contributed by atoms with Gasteiger partial charge in [0.05, 0.1) is 6.04 Å². The number of hydrogen-bond donors (Lipinski definition) is 1. The molecule has 1 aliphatic heterocycles. The van der Waals surface area contributed by atoms with Crippen LogP contribution in [0.3, 0.4) is 0 Å². The monoisotopic (exact) mass is 266 g/mol. The second kappa shape index (κ2) is 5.78. The lowest BCUT2D eigenvalue weighted by molar-refractivity contribution is 0.00498. The molecule has 0 saturated carbocycles.